The van der Waals surface area contributed by atoms with E-state index < -0.39 is 5.78 Å². The normalized spacial score (nSPS) is 6.25. The lowest BCUT2D eigenvalue weighted by Crippen LogP contribution is -0.939. The summed E-state index contributed by atoms with van der Waals surface area (Å²) in [5.41, 5.74) is 0. The second kappa shape index (κ2) is 1.94. The van der Waals surface area contributed by atoms with E-state index in [0.29, 0.717) is 0 Å². The molecule has 0 atom stereocenters. The van der Waals surface area contributed by atoms with Gasteiger partial charge in [0.2, 0.25) is 0 Å². The van der Waals surface area contributed by atoms with Crippen molar-refractivity contribution in [1.29, 1.82) is 0 Å². The molecular formula is FPS2. The maximum atomic E-state index is 10.7. The van der Waals surface area contributed by atoms with Gasteiger partial charge in [0.05, 0.1) is 0 Å². The SMILES string of the molecule is FP(=S)=S. The van der Waals surface area contributed by atoms with E-state index in [1.165, 1.54) is 0 Å². The van der Waals surface area contributed by atoms with Crippen molar-refractivity contribution < 1.29 is 4.20 Å². The van der Waals surface area contributed by atoms with Gasteiger partial charge in [-0.3, -0.25) is 0 Å². The Bertz CT molecular complexity index is 54.4. The molecule has 0 radical (unpaired) electrons. The fourth-order valence-corrected chi connectivity index (χ4v) is 0. The molecule has 0 unspecified atom stereocenters. The first kappa shape index (κ1) is 4.67. The van der Waals surface area contributed by atoms with Crippen LogP contribution in [0.4, 0.5) is 4.20 Å². The Morgan fingerprint density at radius 3 is 1.50 bits per heavy atom. The second-order valence-electron chi connectivity index (χ2n) is 0.213. The Kier molecular flexibility index (Phi) is 2.27. The molecule has 24 valence electrons. The Balaban J connectivity index is 3.51. The van der Waals surface area contributed by atoms with Crippen LogP contribution >= 0.6 is 5.78 Å². The van der Waals surface area contributed by atoms with Crippen molar-refractivity contribution in [2.75, 3.05) is 0 Å². The minimum absolute atomic E-state index is 1.95. The molecule has 0 aromatic rings. The molecule has 0 bridgehead atoms. The van der Waals surface area contributed by atoms with Gasteiger partial charge < -0.3 is 0 Å². The fourth-order valence-electron chi connectivity index (χ4n) is 0. The van der Waals surface area contributed by atoms with E-state index in [9.17, 15) is 4.20 Å². The average molecular weight is 114 g/mol. The molecule has 0 rings (SSSR count). The van der Waals surface area contributed by atoms with Crippen LogP contribution < -0.4 is 0 Å². The molecule has 0 aliphatic rings. The van der Waals surface area contributed by atoms with Gasteiger partial charge >= 0.3 is 0 Å². The van der Waals surface area contributed by atoms with E-state index in [1.807, 2.05) is 0 Å². The third-order valence-electron chi connectivity index (χ3n) is 0. The van der Waals surface area contributed by atoms with E-state index in [-0.39, 0.29) is 0 Å². The molecule has 0 N–H and O–H groups in total. The topological polar surface area (TPSA) is 0 Å². The maximum Gasteiger partial charge on any atom is 0.197 e. The largest absolute Gasteiger partial charge is 0.197 e. The highest BCUT2D eigenvalue weighted by molar-refractivity contribution is 8.23. The summed E-state index contributed by atoms with van der Waals surface area (Å²) in [5.74, 6) is -1.95. The zero-order valence-corrected chi connectivity index (χ0v) is 4.17. The number of halogens is 1. The van der Waals surface area contributed by atoms with E-state index in [2.05, 4.69) is 23.6 Å². The second-order valence-corrected chi connectivity index (χ2v) is 3.25. The van der Waals surface area contributed by atoms with E-state index in [0.717, 1.165) is 0 Å². The van der Waals surface area contributed by atoms with Crippen molar-refractivity contribution in [3.63, 3.8) is 0 Å². The monoisotopic (exact) mass is 114 g/mol. The molecular weight excluding hydrogens is 114 g/mol. The number of hydrogen-bond acceptors (Lipinski definition) is 2. The highest BCUT2D eigenvalue weighted by atomic mass is 32.7. The lowest BCUT2D eigenvalue weighted by Gasteiger charge is -1.37. The number of rotatable bonds is 0. The van der Waals surface area contributed by atoms with Gasteiger partial charge in [0.15, 0.2) is 5.78 Å². The molecule has 0 aromatic carbocycles. The first-order chi connectivity index (χ1) is 1.73. The van der Waals surface area contributed by atoms with Gasteiger partial charge in [0.1, 0.15) is 0 Å². The maximum absolute atomic E-state index is 10.7. The van der Waals surface area contributed by atoms with Crippen LogP contribution in [-0.2, 0) is 23.6 Å². The van der Waals surface area contributed by atoms with Crippen molar-refractivity contribution in [2.45, 2.75) is 0 Å². The summed E-state index contributed by atoms with van der Waals surface area (Å²) < 4.78 is 10.7. The molecule has 4 heteroatoms. The molecule has 0 amide bonds. The summed E-state index contributed by atoms with van der Waals surface area (Å²) in [6, 6.07) is 0. The highest BCUT2D eigenvalue weighted by Gasteiger charge is 1.48. The van der Waals surface area contributed by atoms with Gasteiger partial charge in [0, 0.05) is 0 Å². The van der Waals surface area contributed by atoms with Crippen molar-refractivity contribution in [3.05, 3.63) is 0 Å². The van der Waals surface area contributed by atoms with Gasteiger partial charge in [-0.15, -0.1) is 0 Å². The van der Waals surface area contributed by atoms with Crippen LogP contribution in [0.1, 0.15) is 0 Å². The summed E-state index contributed by atoms with van der Waals surface area (Å²) >= 11 is 7.67. The Labute approximate surface area is 34.2 Å². The predicted octanol–water partition coefficient (Wildman–Crippen LogP) is 1.28. The van der Waals surface area contributed by atoms with E-state index in [4.69, 9.17) is 0 Å². The third kappa shape index (κ3) is 16.6. The Hall–Kier alpha value is 0.670. The van der Waals surface area contributed by atoms with Crippen LogP contribution in [0.5, 0.6) is 0 Å². The molecule has 4 heavy (non-hydrogen) atoms. The van der Waals surface area contributed by atoms with Crippen molar-refractivity contribution in [2.24, 2.45) is 0 Å². The summed E-state index contributed by atoms with van der Waals surface area (Å²) in [4.78, 5) is 0. The zero-order valence-electron chi connectivity index (χ0n) is 1.64. The standard InChI is InChI=1S/FPS2/c1-2(3)4. The van der Waals surface area contributed by atoms with Crippen LogP contribution in [-0.4, -0.2) is 0 Å². The van der Waals surface area contributed by atoms with E-state index >= 15 is 0 Å². The zero-order chi connectivity index (χ0) is 3.58. The number of hydrogen-bond donors (Lipinski definition) is 0. The van der Waals surface area contributed by atoms with Crippen LogP contribution in [0.3, 0.4) is 0 Å². The molecule has 0 saturated heterocycles. The van der Waals surface area contributed by atoms with Crippen LogP contribution in [0.15, 0.2) is 0 Å². The molecule has 0 spiro atoms. The lowest BCUT2D eigenvalue weighted by atomic mass is 18.9. The van der Waals surface area contributed by atoms with Crippen molar-refractivity contribution in [1.82, 2.24) is 0 Å². The predicted molar refractivity (Wildman–Crippen MR) is 22.8 cm³/mol. The van der Waals surface area contributed by atoms with E-state index in [1.54, 1.807) is 0 Å². The smallest absolute Gasteiger partial charge is 0.167 e. The van der Waals surface area contributed by atoms with Gasteiger partial charge in [-0.1, -0.05) is 0 Å². The Morgan fingerprint density at radius 1 is 1.50 bits per heavy atom. The van der Waals surface area contributed by atoms with Gasteiger partial charge in [-0.2, -0.15) is 4.20 Å². The molecule has 0 heterocycles. The minimum Gasteiger partial charge on any atom is -0.167 e. The highest BCUT2D eigenvalue weighted by Crippen LogP contribution is 2.00. The van der Waals surface area contributed by atoms with Gasteiger partial charge in [-0.25, -0.2) is 0 Å². The molecule has 0 nitrogen and oxygen atoms in total. The van der Waals surface area contributed by atoms with Gasteiger partial charge in [0.25, 0.3) is 0 Å². The van der Waals surface area contributed by atoms with Gasteiger partial charge in [-0.05, 0) is 23.6 Å². The summed E-state index contributed by atoms with van der Waals surface area (Å²) in [6.45, 7) is 0. The van der Waals surface area contributed by atoms with Crippen LogP contribution in [0, 0.1) is 0 Å². The van der Waals surface area contributed by atoms with Crippen LogP contribution in [0.25, 0.3) is 0 Å². The first-order valence-electron chi connectivity index (χ1n) is 0.534. The summed E-state index contributed by atoms with van der Waals surface area (Å²) in [7, 11) is 0. The summed E-state index contributed by atoms with van der Waals surface area (Å²) in [6.07, 6.45) is 0. The fraction of sp³-hybridized carbons (Fsp3) is 0. The molecule has 0 aromatic heterocycles. The van der Waals surface area contributed by atoms with Crippen molar-refractivity contribution in [3.8, 4) is 0 Å². The molecule has 0 aliphatic heterocycles. The molecule has 0 aliphatic carbocycles. The Morgan fingerprint density at radius 2 is 1.50 bits per heavy atom. The summed E-state index contributed by atoms with van der Waals surface area (Å²) in [5, 5.41) is 0. The minimum atomic E-state index is -1.95. The average Bonchev–Trinajstić information content (AvgIpc) is 0.811. The third-order valence-corrected chi connectivity index (χ3v) is 0. The lowest BCUT2D eigenvalue weighted by molar-refractivity contribution is 0.936. The molecule has 0 saturated carbocycles. The van der Waals surface area contributed by atoms with Crippen molar-refractivity contribution >= 4 is 29.4 Å². The first-order valence-corrected chi connectivity index (χ1v) is 3.79. The quantitative estimate of drug-likeness (QED) is 0.435. The molecule has 0 fully saturated rings. The van der Waals surface area contributed by atoms with Crippen LogP contribution in [0.2, 0.25) is 0 Å².